The smallest absolute Gasteiger partial charge is 0.209 e. The van der Waals surface area contributed by atoms with Crippen molar-refractivity contribution in [3.05, 3.63) is 32.7 Å². The quantitative estimate of drug-likeness (QED) is 0.707. The van der Waals surface area contributed by atoms with Crippen molar-refractivity contribution in [2.75, 3.05) is 23.9 Å². The van der Waals surface area contributed by atoms with Crippen molar-refractivity contribution in [1.29, 1.82) is 0 Å². The molecule has 3 rings (SSSR count). The largest absolute Gasteiger partial charge is 0.330 e. The molecular weight excluding hydrogens is 432 g/mol. The second kappa shape index (κ2) is 7.20. The summed E-state index contributed by atoms with van der Waals surface area (Å²) in [5.74, 6) is 0.476. The van der Waals surface area contributed by atoms with Crippen LogP contribution >= 0.6 is 39.5 Å². The fourth-order valence-electron chi connectivity index (χ4n) is 2.59. The van der Waals surface area contributed by atoms with E-state index in [4.69, 9.17) is 12.2 Å². The molecule has 24 heavy (non-hydrogen) atoms. The second-order valence-corrected chi connectivity index (χ2v) is 10.5. The molecule has 130 valence electrons. The van der Waals surface area contributed by atoms with Crippen LogP contribution in [0.25, 0.3) is 0 Å². The average Bonchev–Trinajstić information content (AvgIpc) is 3.02. The lowest BCUT2D eigenvalue weighted by molar-refractivity contribution is 0.198. The normalized spacial score (nSPS) is 19.7. The Hall–Kier alpha value is -0.810. The number of halogens is 1. The van der Waals surface area contributed by atoms with E-state index in [9.17, 15) is 8.42 Å². The summed E-state index contributed by atoms with van der Waals surface area (Å²) in [6.07, 6.45) is 0.666. The Bertz CT molecular complexity index is 893. The highest BCUT2D eigenvalue weighted by Gasteiger charge is 2.30. The molecule has 0 bridgehead atoms. The van der Waals surface area contributed by atoms with Gasteiger partial charge in [-0.3, -0.25) is 4.90 Å². The lowest BCUT2D eigenvalue weighted by atomic mass is 10.2. The Labute approximate surface area is 158 Å². The Morgan fingerprint density at radius 2 is 2.33 bits per heavy atom. The topological polar surface area (TPSA) is 67.2 Å². The van der Waals surface area contributed by atoms with Crippen molar-refractivity contribution >= 4 is 60.1 Å². The standard InChI is InChI=1S/C14H17BrN4O2S3/c1-18(12-5-6-24(20,21)8-12)9-19-14(22)23-13(17-19)16-11-4-2-3-10(15)7-11/h2-4,7,12H,5-6,8-9H2,1H3,(H,16,17)/t12-/m0/s1. The Morgan fingerprint density at radius 1 is 1.54 bits per heavy atom. The number of hydrogen-bond donors (Lipinski definition) is 1. The Morgan fingerprint density at radius 3 is 3.00 bits per heavy atom. The molecule has 0 aliphatic carbocycles. The number of hydrogen-bond acceptors (Lipinski definition) is 7. The van der Waals surface area contributed by atoms with Crippen LogP contribution in [0, 0.1) is 3.95 Å². The van der Waals surface area contributed by atoms with Gasteiger partial charge in [-0.1, -0.05) is 33.3 Å². The van der Waals surface area contributed by atoms with Crippen LogP contribution in [0.2, 0.25) is 0 Å². The summed E-state index contributed by atoms with van der Waals surface area (Å²) in [5.41, 5.74) is 0.926. The van der Waals surface area contributed by atoms with Crippen LogP contribution in [0.15, 0.2) is 28.7 Å². The molecule has 1 aliphatic rings. The molecule has 1 aliphatic heterocycles. The lowest BCUT2D eigenvalue weighted by Crippen LogP contribution is -2.34. The van der Waals surface area contributed by atoms with Gasteiger partial charge in [-0.15, -0.1) is 5.10 Å². The minimum atomic E-state index is -2.89. The average molecular weight is 449 g/mol. The van der Waals surface area contributed by atoms with Gasteiger partial charge >= 0.3 is 0 Å². The predicted molar refractivity (Wildman–Crippen MR) is 103 cm³/mol. The number of rotatable bonds is 5. The van der Waals surface area contributed by atoms with Crippen molar-refractivity contribution in [1.82, 2.24) is 14.7 Å². The second-order valence-electron chi connectivity index (χ2n) is 5.76. The fourth-order valence-corrected chi connectivity index (χ4v) is 5.80. The first-order chi connectivity index (χ1) is 11.3. The maximum Gasteiger partial charge on any atom is 0.209 e. The molecule has 6 nitrogen and oxygen atoms in total. The molecule has 0 spiro atoms. The monoisotopic (exact) mass is 448 g/mol. The third-order valence-electron chi connectivity index (χ3n) is 3.87. The third kappa shape index (κ3) is 4.42. The highest BCUT2D eigenvalue weighted by atomic mass is 79.9. The van der Waals surface area contributed by atoms with Crippen LogP contribution in [0.5, 0.6) is 0 Å². The minimum Gasteiger partial charge on any atom is -0.330 e. The summed E-state index contributed by atoms with van der Waals surface area (Å²) in [6, 6.07) is 7.84. The number of nitrogens with zero attached hydrogens (tertiary/aromatic N) is 3. The number of sulfone groups is 1. The molecule has 1 N–H and O–H groups in total. The minimum absolute atomic E-state index is 0.0279. The summed E-state index contributed by atoms with van der Waals surface area (Å²) in [4.78, 5) is 2.00. The first-order valence-electron chi connectivity index (χ1n) is 7.33. The van der Waals surface area contributed by atoms with Crippen LogP contribution in [0.1, 0.15) is 6.42 Å². The zero-order valence-corrected chi connectivity index (χ0v) is 17.0. The molecule has 1 atom stereocenters. The predicted octanol–water partition coefficient (Wildman–Crippen LogP) is 3.26. The van der Waals surface area contributed by atoms with Crippen LogP contribution < -0.4 is 5.32 Å². The van der Waals surface area contributed by atoms with Crippen molar-refractivity contribution < 1.29 is 8.42 Å². The zero-order valence-electron chi connectivity index (χ0n) is 13.0. The lowest BCUT2D eigenvalue weighted by Gasteiger charge is -2.22. The van der Waals surface area contributed by atoms with Crippen LogP contribution in [0.3, 0.4) is 0 Å². The molecule has 1 fully saturated rings. The molecule has 1 aromatic heterocycles. The first kappa shape index (κ1) is 18.0. The number of benzene rings is 1. The molecule has 0 saturated carbocycles. The van der Waals surface area contributed by atoms with Crippen molar-refractivity contribution in [2.24, 2.45) is 0 Å². The van der Waals surface area contributed by atoms with Gasteiger partial charge in [0.15, 0.2) is 13.8 Å². The maximum atomic E-state index is 11.6. The molecule has 2 heterocycles. The van der Waals surface area contributed by atoms with E-state index in [0.29, 0.717) is 22.2 Å². The van der Waals surface area contributed by atoms with Gasteiger partial charge in [0.2, 0.25) is 5.13 Å². The molecule has 0 amide bonds. The van der Waals surface area contributed by atoms with E-state index in [-0.39, 0.29) is 17.5 Å². The molecule has 2 aromatic rings. The molecule has 0 unspecified atom stereocenters. The SMILES string of the molecule is CN(Cn1nc(Nc2cccc(Br)c2)sc1=S)[C@H]1CCS(=O)(=O)C1. The van der Waals surface area contributed by atoms with Gasteiger partial charge in [0.1, 0.15) is 0 Å². The van der Waals surface area contributed by atoms with E-state index in [0.717, 1.165) is 10.2 Å². The van der Waals surface area contributed by atoms with Crippen molar-refractivity contribution in [2.45, 2.75) is 19.1 Å². The first-order valence-corrected chi connectivity index (χ1v) is 11.2. The van der Waals surface area contributed by atoms with Crippen LogP contribution in [-0.4, -0.2) is 47.7 Å². The summed E-state index contributed by atoms with van der Waals surface area (Å²) in [7, 11) is -0.983. The van der Waals surface area contributed by atoms with Crippen molar-refractivity contribution in [3.8, 4) is 0 Å². The Kier molecular flexibility index (Phi) is 5.40. The van der Waals surface area contributed by atoms with Crippen molar-refractivity contribution in [3.63, 3.8) is 0 Å². The van der Waals surface area contributed by atoms with Gasteiger partial charge < -0.3 is 5.32 Å². The molecule has 0 radical (unpaired) electrons. The van der Waals surface area contributed by atoms with Crippen LogP contribution in [0.4, 0.5) is 10.8 Å². The van der Waals surface area contributed by atoms with Gasteiger partial charge in [-0.05, 0) is 43.9 Å². The van der Waals surface area contributed by atoms with Crippen LogP contribution in [-0.2, 0) is 16.5 Å². The van der Waals surface area contributed by atoms with E-state index >= 15 is 0 Å². The third-order valence-corrected chi connectivity index (χ3v) is 7.34. The van der Waals surface area contributed by atoms with E-state index in [1.807, 2.05) is 36.2 Å². The van der Waals surface area contributed by atoms with Gasteiger partial charge in [-0.25, -0.2) is 13.1 Å². The maximum absolute atomic E-state index is 11.6. The molecular formula is C14H17BrN4O2S3. The highest BCUT2D eigenvalue weighted by molar-refractivity contribution is 9.10. The summed E-state index contributed by atoms with van der Waals surface area (Å²) >= 11 is 10.2. The zero-order chi connectivity index (χ0) is 17.3. The number of aromatic nitrogens is 2. The molecule has 1 saturated heterocycles. The summed E-state index contributed by atoms with van der Waals surface area (Å²) in [6.45, 7) is 0.482. The van der Waals surface area contributed by atoms with E-state index < -0.39 is 9.84 Å². The summed E-state index contributed by atoms with van der Waals surface area (Å²) in [5, 5.41) is 8.45. The van der Waals surface area contributed by atoms with E-state index in [2.05, 4.69) is 26.3 Å². The fraction of sp³-hybridized carbons (Fsp3) is 0.429. The number of nitrogens with one attached hydrogen (secondary N) is 1. The Balaban J connectivity index is 1.69. The molecule has 10 heteroatoms. The molecule has 1 aromatic carbocycles. The van der Waals surface area contributed by atoms with Gasteiger partial charge in [0, 0.05) is 16.2 Å². The van der Waals surface area contributed by atoms with E-state index in [1.165, 1.54) is 11.3 Å². The van der Waals surface area contributed by atoms with Gasteiger partial charge in [0.25, 0.3) is 0 Å². The summed E-state index contributed by atoms with van der Waals surface area (Å²) < 4.78 is 26.6. The van der Waals surface area contributed by atoms with Gasteiger partial charge in [0.05, 0.1) is 18.2 Å². The number of anilines is 2. The van der Waals surface area contributed by atoms with E-state index in [1.54, 1.807) is 4.68 Å². The van der Waals surface area contributed by atoms with Gasteiger partial charge in [-0.2, -0.15) is 0 Å². The highest BCUT2D eigenvalue weighted by Crippen LogP contribution is 2.23.